The number of imidazole rings is 1. The van der Waals surface area contributed by atoms with Crippen LogP contribution in [0, 0.1) is 5.92 Å². The molecule has 0 spiro atoms. The monoisotopic (exact) mass is 150 g/mol. The van der Waals surface area contributed by atoms with Crippen LogP contribution < -0.4 is 0 Å². The van der Waals surface area contributed by atoms with E-state index in [9.17, 15) is 0 Å². The van der Waals surface area contributed by atoms with Gasteiger partial charge < -0.3 is 4.57 Å². The van der Waals surface area contributed by atoms with Crippen LogP contribution in [0.1, 0.15) is 31.9 Å². The molecule has 2 heterocycles. The molecule has 0 unspecified atom stereocenters. The molecule has 1 aliphatic heterocycles. The van der Waals surface area contributed by atoms with Gasteiger partial charge in [-0.05, 0) is 12.3 Å². The highest BCUT2D eigenvalue weighted by molar-refractivity contribution is 5.11. The van der Waals surface area contributed by atoms with Crippen molar-refractivity contribution >= 4 is 0 Å². The molecule has 0 saturated heterocycles. The van der Waals surface area contributed by atoms with Crippen molar-refractivity contribution in [2.24, 2.45) is 5.92 Å². The molecule has 0 aromatic carbocycles. The Labute approximate surface area is 67.3 Å². The van der Waals surface area contributed by atoms with Gasteiger partial charge in [-0.15, -0.1) is 0 Å². The van der Waals surface area contributed by atoms with E-state index < -0.39 is 0 Å². The smallest absolute Gasteiger partial charge is 0.0948 e. The SMILES string of the molecule is CC(C)[C@H]1CCn2cncc21. The number of rotatable bonds is 1. The van der Waals surface area contributed by atoms with Gasteiger partial charge in [-0.25, -0.2) is 4.98 Å². The van der Waals surface area contributed by atoms with Crippen LogP contribution in [-0.4, -0.2) is 9.55 Å². The summed E-state index contributed by atoms with van der Waals surface area (Å²) in [5, 5.41) is 0. The predicted molar refractivity (Wildman–Crippen MR) is 44.4 cm³/mol. The molecule has 0 amide bonds. The average molecular weight is 150 g/mol. The molecule has 2 nitrogen and oxygen atoms in total. The van der Waals surface area contributed by atoms with Gasteiger partial charge in [0.15, 0.2) is 0 Å². The number of aryl methyl sites for hydroxylation is 1. The van der Waals surface area contributed by atoms with Gasteiger partial charge in [-0.1, -0.05) is 13.8 Å². The summed E-state index contributed by atoms with van der Waals surface area (Å²) in [6.45, 7) is 5.73. The van der Waals surface area contributed by atoms with Gasteiger partial charge in [0, 0.05) is 24.4 Å². The molecule has 1 aromatic heterocycles. The van der Waals surface area contributed by atoms with E-state index >= 15 is 0 Å². The molecule has 2 rings (SSSR count). The highest BCUT2D eigenvalue weighted by Gasteiger charge is 2.24. The van der Waals surface area contributed by atoms with Gasteiger partial charge in [0.25, 0.3) is 0 Å². The molecule has 0 fully saturated rings. The summed E-state index contributed by atoms with van der Waals surface area (Å²) in [5.74, 6) is 1.51. The lowest BCUT2D eigenvalue weighted by atomic mass is 9.92. The van der Waals surface area contributed by atoms with Crippen molar-refractivity contribution < 1.29 is 0 Å². The van der Waals surface area contributed by atoms with Crippen molar-refractivity contribution in [1.82, 2.24) is 9.55 Å². The third-order valence-electron chi connectivity index (χ3n) is 2.61. The normalized spacial score (nSPS) is 22.6. The van der Waals surface area contributed by atoms with Gasteiger partial charge >= 0.3 is 0 Å². The van der Waals surface area contributed by atoms with Crippen LogP contribution in [-0.2, 0) is 6.54 Å². The largest absolute Gasteiger partial charge is 0.334 e. The standard InChI is InChI=1S/C9H14N2/c1-7(2)8-3-4-11-6-10-5-9(8)11/h5-8H,3-4H2,1-2H3/t8-/m1/s1. The first-order valence-corrected chi connectivity index (χ1v) is 4.29. The van der Waals surface area contributed by atoms with Crippen LogP contribution in [0.25, 0.3) is 0 Å². The Hall–Kier alpha value is -0.790. The Morgan fingerprint density at radius 3 is 3.18 bits per heavy atom. The fourth-order valence-corrected chi connectivity index (χ4v) is 1.93. The zero-order chi connectivity index (χ0) is 7.84. The summed E-state index contributed by atoms with van der Waals surface area (Å²) in [5.41, 5.74) is 1.43. The first-order chi connectivity index (χ1) is 5.29. The summed E-state index contributed by atoms with van der Waals surface area (Å²) >= 11 is 0. The first-order valence-electron chi connectivity index (χ1n) is 4.29. The van der Waals surface area contributed by atoms with Crippen LogP contribution in [0.15, 0.2) is 12.5 Å². The van der Waals surface area contributed by atoms with E-state index in [4.69, 9.17) is 0 Å². The lowest BCUT2D eigenvalue weighted by Gasteiger charge is -2.11. The van der Waals surface area contributed by atoms with E-state index in [0.29, 0.717) is 0 Å². The zero-order valence-electron chi connectivity index (χ0n) is 7.12. The number of hydrogen-bond donors (Lipinski definition) is 0. The Balaban J connectivity index is 2.31. The quantitative estimate of drug-likeness (QED) is 0.599. The van der Waals surface area contributed by atoms with E-state index in [-0.39, 0.29) is 0 Å². The fourth-order valence-electron chi connectivity index (χ4n) is 1.93. The Kier molecular flexibility index (Phi) is 1.48. The Morgan fingerprint density at radius 2 is 2.45 bits per heavy atom. The molecule has 0 saturated carbocycles. The lowest BCUT2D eigenvalue weighted by Crippen LogP contribution is -2.01. The molecule has 1 aliphatic rings. The van der Waals surface area contributed by atoms with Gasteiger partial charge in [0.1, 0.15) is 0 Å². The van der Waals surface area contributed by atoms with Crippen molar-refractivity contribution in [2.75, 3.05) is 0 Å². The fraction of sp³-hybridized carbons (Fsp3) is 0.667. The summed E-state index contributed by atoms with van der Waals surface area (Å²) in [6.07, 6.45) is 5.25. The summed E-state index contributed by atoms with van der Waals surface area (Å²) in [6, 6.07) is 0. The number of nitrogens with zero attached hydrogens (tertiary/aromatic N) is 2. The van der Waals surface area contributed by atoms with Crippen LogP contribution in [0.4, 0.5) is 0 Å². The van der Waals surface area contributed by atoms with Gasteiger partial charge in [-0.2, -0.15) is 0 Å². The van der Waals surface area contributed by atoms with Crippen molar-refractivity contribution in [3.8, 4) is 0 Å². The molecule has 0 bridgehead atoms. The number of fused-ring (bicyclic) bond motifs is 1. The predicted octanol–water partition coefficient (Wildman–Crippen LogP) is 2.03. The van der Waals surface area contributed by atoms with E-state index in [1.54, 1.807) is 0 Å². The molecular formula is C9H14N2. The third-order valence-corrected chi connectivity index (χ3v) is 2.61. The Morgan fingerprint density at radius 1 is 1.64 bits per heavy atom. The van der Waals surface area contributed by atoms with Crippen LogP contribution in [0.5, 0.6) is 0 Å². The van der Waals surface area contributed by atoms with Crippen LogP contribution in [0.2, 0.25) is 0 Å². The average Bonchev–Trinajstić information content (AvgIpc) is 2.41. The van der Waals surface area contributed by atoms with E-state index in [1.165, 1.54) is 12.1 Å². The van der Waals surface area contributed by atoms with E-state index in [0.717, 1.165) is 18.4 Å². The lowest BCUT2D eigenvalue weighted by molar-refractivity contribution is 0.494. The second-order valence-electron chi connectivity index (χ2n) is 3.65. The molecule has 60 valence electrons. The van der Waals surface area contributed by atoms with Crippen LogP contribution >= 0.6 is 0 Å². The minimum Gasteiger partial charge on any atom is -0.334 e. The Bertz CT molecular complexity index is 250. The summed E-state index contributed by atoms with van der Waals surface area (Å²) < 4.78 is 2.27. The van der Waals surface area contributed by atoms with Gasteiger partial charge in [0.05, 0.1) is 6.33 Å². The molecule has 0 N–H and O–H groups in total. The molecule has 1 aromatic rings. The minimum atomic E-state index is 0.748. The second kappa shape index (κ2) is 2.36. The van der Waals surface area contributed by atoms with Gasteiger partial charge in [0.2, 0.25) is 0 Å². The molecule has 1 atom stereocenters. The van der Waals surface area contributed by atoms with Crippen molar-refractivity contribution in [3.63, 3.8) is 0 Å². The molecule has 0 aliphatic carbocycles. The molecule has 11 heavy (non-hydrogen) atoms. The molecular weight excluding hydrogens is 136 g/mol. The highest BCUT2D eigenvalue weighted by Crippen LogP contribution is 2.33. The molecule has 2 heteroatoms. The second-order valence-corrected chi connectivity index (χ2v) is 3.65. The van der Waals surface area contributed by atoms with Crippen molar-refractivity contribution in [2.45, 2.75) is 32.7 Å². The van der Waals surface area contributed by atoms with E-state index in [2.05, 4.69) is 23.4 Å². The third kappa shape index (κ3) is 0.971. The highest BCUT2D eigenvalue weighted by atomic mass is 15.1. The summed E-state index contributed by atoms with van der Waals surface area (Å²) in [4.78, 5) is 4.14. The van der Waals surface area contributed by atoms with Crippen molar-refractivity contribution in [3.05, 3.63) is 18.2 Å². The minimum absolute atomic E-state index is 0.748. The number of aromatic nitrogens is 2. The van der Waals surface area contributed by atoms with Crippen LogP contribution in [0.3, 0.4) is 0 Å². The van der Waals surface area contributed by atoms with Gasteiger partial charge in [-0.3, -0.25) is 0 Å². The maximum Gasteiger partial charge on any atom is 0.0948 e. The number of hydrogen-bond acceptors (Lipinski definition) is 1. The maximum atomic E-state index is 4.14. The maximum absolute atomic E-state index is 4.14. The van der Waals surface area contributed by atoms with Crippen molar-refractivity contribution in [1.29, 1.82) is 0 Å². The summed E-state index contributed by atoms with van der Waals surface area (Å²) in [7, 11) is 0. The van der Waals surface area contributed by atoms with E-state index in [1.807, 2.05) is 12.5 Å². The topological polar surface area (TPSA) is 17.8 Å². The first kappa shape index (κ1) is 6.89. The molecule has 0 radical (unpaired) electrons. The zero-order valence-corrected chi connectivity index (χ0v) is 7.12.